The molecule has 108 valence electrons. The lowest BCUT2D eigenvalue weighted by molar-refractivity contribution is 0.206. The molecule has 0 aliphatic carbocycles. The second kappa shape index (κ2) is 8.21. The molecule has 2 unspecified atom stereocenters. The lowest BCUT2D eigenvalue weighted by Crippen LogP contribution is -2.21. The molecule has 2 nitrogen and oxygen atoms in total. The summed E-state index contributed by atoms with van der Waals surface area (Å²) in [5.74, 6) is 1.03. The number of hydrogen-bond acceptors (Lipinski definition) is 2. The van der Waals surface area contributed by atoms with Crippen molar-refractivity contribution in [1.82, 2.24) is 5.32 Å². The molecule has 1 rings (SSSR count). The van der Waals surface area contributed by atoms with E-state index in [1.54, 1.807) is 0 Å². The number of hydrogen-bond donors (Lipinski definition) is 1. The first-order chi connectivity index (χ1) is 9.08. The highest BCUT2D eigenvalue weighted by molar-refractivity contribution is 5.39. The molecule has 1 N–H and O–H groups in total. The Morgan fingerprint density at radius 2 is 1.89 bits per heavy atom. The maximum absolute atomic E-state index is 6.10. The van der Waals surface area contributed by atoms with Crippen LogP contribution in [-0.4, -0.2) is 12.6 Å². The maximum Gasteiger partial charge on any atom is 0.124 e. The summed E-state index contributed by atoms with van der Waals surface area (Å²) in [6.45, 7) is 11.9. The van der Waals surface area contributed by atoms with Crippen molar-refractivity contribution >= 4 is 0 Å². The Morgan fingerprint density at radius 3 is 2.53 bits per heavy atom. The first-order valence-electron chi connectivity index (χ1n) is 7.59. The summed E-state index contributed by atoms with van der Waals surface area (Å²) in [4.78, 5) is 0. The largest absolute Gasteiger partial charge is 0.490 e. The van der Waals surface area contributed by atoms with Gasteiger partial charge in [0.05, 0.1) is 6.10 Å². The smallest absolute Gasteiger partial charge is 0.124 e. The third-order valence-electron chi connectivity index (χ3n) is 3.36. The predicted octanol–water partition coefficient (Wildman–Crippen LogP) is 4.62. The molecule has 0 spiro atoms. The van der Waals surface area contributed by atoms with Gasteiger partial charge in [0, 0.05) is 11.6 Å². The van der Waals surface area contributed by atoms with Gasteiger partial charge in [0.15, 0.2) is 0 Å². The highest BCUT2D eigenvalue weighted by Crippen LogP contribution is 2.27. The zero-order chi connectivity index (χ0) is 14.3. The van der Waals surface area contributed by atoms with Gasteiger partial charge in [0.1, 0.15) is 5.75 Å². The van der Waals surface area contributed by atoms with Crippen LogP contribution >= 0.6 is 0 Å². The molecule has 0 bridgehead atoms. The second-order valence-corrected chi connectivity index (χ2v) is 5.43. The standard InChI is InChI=1S/C17H29NO/c1-6-8-14(4)19-17-10-9-13(3)12-16(17)15(5)18-11-7-2/h9-10,12,14-15,18H,6-8,11H2,1-5H3. The van der Waals surface area contributed by atoms with Crippen LogP contribution in [0.15, 0.2) is 18.2 Å². The Kier molecular flexibility index (Phi) is 6.93. The lowest BCUT2D eigenvalue weighted by atomic mass is 10.0. The van der Waals surface area contributed by atoms with Gasteiger partial charge < -0.3 is 10.1 Å². The number of nitrogens with one attached hydrogen (secondary N) is 1. The van der Waals surface area contributed by atoms with Crippen LogP contribution in [0.3, 0.4) is 0 Å². The van der Waals surface area contributed by atoms with Gasteiger partial charge in [-0.3, -0.25) is 0 Å². The Bertz CT molecular complexity index is 376. The van der Waals surface area contributed by atoms with Crippen LogP contribution in [0.25, 0.3) is 0 Å². The Balaban J connectivity index is 2.84. The van der Waals surface area contributed by atoms with E-state index in [4.69, 9.17) is 4.74 Å². The molecule has 0 radical (unpaired) electrons. The molecule has 1 aromatic carbocycles. The summed E-state index contributed by atoms with van der Waals surface area (Å²) in [7, 11) is 0. The van der Waals surface area contributed by atoms with Gasteiger partial charge >= 0.3 is 0 Å². The van der Waals surface area contributed by atoms with Crippen LogP contribution in [0.1, 0.15) is 64.1 Å². The molecule has 0 fully saturated rings. The van der Waals surface area contributed by atoms with Crippen molar-refractivity contribution in [3.05, 3.63) is 29.3 Å². The molecule has 2 heteroatoms. The molecule has 0 aliphatic rings. The SMILES string of the molecule is CCCNC(C)c1cc(C)ccc1OC(C)CCC. The van der Waals surface area contributed by atoms with Gasteiger partial charge in [0.25, 0.3) is 0 Å². The third kappa shape index (κ3) is 5.23. The molecule has 0 heterocycles. The van der Waals surface area contributed by atoms with Crippen molar-refractivity contribution in [2.24, 2.45) is 0 Å². The molecule has 0 saturated carbocycles. The van der Waals surface area contributed by atoms with Crippen molar-refractivity contribution in [1.29, 1.82) is 0 Å². The van der Waals surface area contributed by atoms with Gasteiger partial charge in [-0.25, -0.2) is 0 Å². The van der Waals surface area contributed by atoms with E-state index in [0.717, 1.165) is 31.6 Å². The Labute approximate surface area is 118 Å². The highest BCUT2D eigenvalue weighted by atomic mass is 16.5. The minimum absolute atomic E-state index is 0.282. The molecular weight excluding hydrogens is 234 g/mol. The van der Waals surface area contributed by atoms with Crippen molar-refractivity contribution in [3.63, 3.8) is 0 Å². The van der Waals surface area contributed by atoms with Crippen LogP contribution in [0.2, 0.25) is 0 Å². The van der Waals surface area contributed by atoms with Crippen molar-refractivity contribution in [3.8, 4) is 5.75 Å². The number of ether oxygens (including phenoxy) is 1. The summed E-state index contributed by atoms with van der Waals surface area (Å²) < 4.78 is 6.10. The van der Waals surface area contributed by atoms with Gasteiger partial charge in [-0.1, -0.05) is 38.0 Å². The Hall–Kier alpha value is -1.02. The molecular formula is C17H29NO. The minimum atomic E-state index is 0.282. The van der Waals surface area contributed by atoms with Gasteiger partial charge in [-0.05, 0) is 46.2 Å². The van der Waals surface area contributed by atoms with Crippen molar-refractivity contribution in [2.45, 2.75) is 66.0 Å². The fourth-order valence-electron chi connectivity index (χ4n) is 2.27. The first kappa shape index (κ1) is 16.0. The molecule has 2 atom stereocenters. The maximum atomic E-state index is 6.10. The van der Waals surface area contributed by atoms with E-state index >= 15 is 0 Å². The molecule has 0 aromatic heterocycles. The monoisotopic (exact) mass is 263 g/mol. The van der Waals surface area contributed by atoms with E-state index in [1.807, 2.05) is 0 Å². The summed E-state index contributed by atoms with van der Waals surface area (Å²) in [5.41, 5.74) is 2.56. The summed E-state index contributed by atoms with van der Waals surface area (Å²) in [6.07, 6.45) is 3.69. The lowest BCUT2D eigenvalue weighted by Gasteiger charge is -2.21. The van der Waals surface area contributed by atoms with Crippen LogP contribution in [0.4, 0.5) is 0 Å². The van der Waals surface area contributed by atoms with E-state index < -0.39 is 0 Å². The normalized spacial score (nSPS) is 14.2. The zero-order valence-corrected chi connectivity index (χ0v) is 13.1. The third-order valence-corrected chi connectivity index (χ3v) is 3.36. The summed E-state index contributed by atoms with van der Waals surface area (Å²) in [5, 5.41) is 3.54. The van der Waals surface area contributed by atoms with Crippen LogP contribution in [0, 0.1) is 6.92 Å². The average Bonchev–Trinajstić information content (AvgIpc) is 2.38. The molecule has 0 aliphatic heterocycles. The molecule has 1 aromatic rings. The van der Waals surface area contributed by atoms with Gasteiger partial charge in [-0.15, -0.1) is 0 Å². The number of benzene rings is 1. The zero-order valence-electron chi connectivity index (χ0n) is 13.1. The Morgan fingerprint density at radius 1 is 1.16 bits per heavy atom. The van der Waals surface area contributed by atoms with Gasteiger partial charge in [-0.2, -0.15) is 0 Å². The van der Waals surface area contributed by atoms with Crippen LogP contribution < -0.4 is 10.1 Å². The van der Waals surface area contributed by atoms with E-state index in [-0.39, 0.29) is 6.10 Å². The average molecular weight is 263 g/mol. The molecule has 19 heavy (non-hydrogen) atoms. The number of rotatable bonds is 8. The van der Waals surface area contributed by atoms with Crippen LogP contribution in [-0.2, 0) is 0 Å². The van der Waals surface area contributed by atoms with Crippen molar-refractivity contribution < 1.29 is 4.74 Å². The van der Waals surface area contributed by atoms with E-state index in [0.29, 0.717) is 6.04 Å². The second-order valence-electron chi connectivity index (χ2n) is 5.43. The topological polar surface area (TPSA) is 21.3 Å². The van der Waals surface area contributed by atoms with E-state index in [1.165, 1.54) is 11.1 Å². The van der Waals surface area contributed by atoms with Crippen LogP contribution in [0.5, 0.6) is 5.75 Å². The first-order valence-corrected chi connectivity index (χ1v) is 7.59. The summed E-state index contributed by atoms with van der Waals surface area (Å²) >= 11 is 0. The minimum Gasteiger partial charge on any atom is -0.490 e. The number of aryl methyl sites for hydroxylation is 1. The fraction of sp³-hybridized carbons (Fsp3) is 0.647. The predicted molar refractivity (Wildman–Crippen MR) is 82.9 cm³/mol. The summed E-state index contributed by atoms with van der Waals surface area (Å²) in [6, 6.07) is 6.82. The quantitative estimate of drug-likeness (QED) is 0.738. The van der Waals surface area contributed by atoms with E-state index in [9.17, 15) is 0 Å². The fourth-order valence-corrected chi connectivity index (χ4v) is 2.27. The molecule has 0 saturated heterocycles. The van der Waals surface area contributed by atoms with Gasteiger partial charge in [0.2, 0.25) is 0 Å². The molecule has 0 amide bonds. The highest BCUT2D eigenvalue weighted by Gasteiger charge is 2.13. The van der Waals surface area contributed by atoms with E-state index in [2.05, 4.69) is 58.1 Å². The van der Waals surface area contributed by atoms with Crippen molar-refractivity contribution in [2.75, 3.05) is 6.54 Å².